The lowest BCUT2D eigenvalue weighted by atomic mass is 9.99. The molecule has 2 N–H and O–H groups in total. The van der Waals surface area contributed by atoms with Gasteiger partial charge in [0.15, 0.2) is 11.6 Å². The van der Waals surface area contributed by atoms with Gasteiger partial charge in [-0.1, -0.05) is 24.3 Å². The summed E-state index contributed by atoms with van der Waals surface area (Å²) >= 11 is 1.63. The van der Waals surface area contributed by atoms with Crippen molar-refractivity contribution in [1.82, 2.24) is 0 Å². The maximum atomic E-state index is 13.7. The normalized spacial score (nSPS) is 12.2. The van der Waals surface area contributed by atoms with Crippen molar-refractivity contribution in [1.29, 1.82) is 0 Å². The topological polar surface area (TPSA) is 35.2 Å². The molecule has 0 aliphatic heterocycles. The van der Waals surface area contributed by atoms with Crippen LogP contribution in [0.15, 0.2) is 47.4 Å². The predicted molar refractivity (Wildman–Crippen MR) is 77.2 cm³/mol. The molecule has 2 aromatic rings. The Bertz CT molecular complexity index is 574. The second kappa shape index (κ2) is 6.08. The van der Waals surface area contributed by atoms with E-state index in [1.54, 1.807) is 23.9 Å². The highest BCUT2D eigenvalue weighted by Gasteiger charge is 2.14. The monoisotopic (exact) mass is 277 g/mol. The molecule has 0 radical (unpaired) electrons. The summed E-state index contributed by atoms with van der Waals surface area (Å²) in [6, 6.07) is 12.4. The summed E-state index contributed by atoms with van der Waals surface area (Å²) in [7, 11) is 1.45. The summed E-state index contributed by atoms with van der Waals surface area (Å²) in [4.78, 5) is 1.10. The molecule has 0 saturated carbocycles. The van der Waals surface area contributed by atoms with Crippen molar-refractivity contribution in [3.63, 3.8) is 0 Å². The zero-order chi connectivity index (χ0) is 13.8. The molecule has 0 fully saturated rings. The van der Waals surface area contributed by atoms with Gasteiger partial charge in [-0.05, 0) is 35.6 Å². The van der Waals surface area contributed by atoms with Crippen LogP contribution in [0.4, 0.5) is 4.39 Å². The van der Waals surface area contributed by atoms with Crippen molar-refractivity contribution in [2.45, 2.75) is 10.9 Å². The van der Waals surface area contributed by atoms with Gasteiger partial charge in [-0.15, -0.1) is 11.8 Å². The Kier molecular flexibility index (Phi) is 4.45. The minimum absolute atomic E-state index is 0.231. The van der Waals surface area contributed by atoms with Crippen molar-refractivity contribution in [3.8, 4) is 5.75 Å². The first kappa shape index (κ1) is 13.9. The quantitative estimate of drug-likeness (QED) is 0.867. The number of methoxy groups -OCH3 is 1. The smallest absolute Gasteiger partial charge is 0.165 e. The fourth-order valence-corrected chi connectivity index (χ4v) is 2.62. The second-order valence-electron chi connectivity index (χ2n) is 4.11. The van der Waals surface area contributed by atoms with Crippen LogP contribution in [-0.4, -0.2) is 13.4 Å². The van der Waals surface area contributed by atoms with Crippen LogP contribution in [-0.2, 0) is 0 Å². The first-order valence-electron chi connectivity index (χ1n) is 5.89. The van der Waals surface area contributed by atoms with E-state index in [9.17, 15) is 4.39 Å². The Morgan fingerprint density at radius 2 is 1.95 bits per heavy atom. The van der Waals surface area contributed by atoms with E-state index in [2.05, 4.69) is 0 Å². The highest BCUT2D eigenvalue weighted by molar-refractivity contribution is 7.98. The summed E-state index contributed by atoms with van der Waals surface area (Å²) in [5.74, 6) is -0.161. The molecule has 0 aliphatic carbocycles. The van der Waals surface area contributed by atoms with Gasteiger partial charge in [0.1, 0.15) is 0 Å². The van der Waals surface area contributed by atoms with Crippen LogP contribution in [0.1, 0.15) is 17.2 Å². The van der Waals surface area contributed by atoms with Crippen molar-refractivity contribution >= 4 is 11.8 Å². The molecule has 0 saturated heterocycles. The molecule has 4 heteroatoms. The molecule has 0 heterocycles. The largest absolute Gasteiger partial charge is 0.494 e. The van der Waals surface area contributed by atoms with Crippen molar-refractivity contribution in [2.24, 2.45) is 5.73 Å². The van der Waals surface area contributed by atoms with Gasteiger partial charge in [0.2, 0.25) is 0 Å². The first-order valence-corrected chi connectivity index (χ1v) is 7.11. The third-order valence-electron chi connectivity index (χ3n) is 3.01. The molecule has 0 aromatic heterocycles. The number of rotatable bonds is 4. The average molecular weight is 277 g/mol. The maximum absolute atomic E-state index is 13.7. The molecule has 19 heavy (non-hydrogen) atoms. The SMILES string of the molecule is COc1ccc(C(N)c2ccccc2SC)cc1F. The molecular weight excluding hydrogens is 261 g/mol. The van der Waals surface area contributed by atoms with E-state index in [4.69, 9.17) is 10.5 Å². The van der Waals surface area contributed by atoms with E-state index < -0.39 is 5.82 Å². The lowest BCUT2D eigenvalue weighted by Gasteiger charge is -2.16. The molecule has 1 atom stereocenters. The third-order valence-corrected chi connectivity index (χ3v) is 3.82. The number of benzene rings is 2. The van der Waals surface area contributed by atoms with Gasteiger partial charge in [-0.3, -0.25) is 0 Å². The Labute approximate surface area is 116 Å². The standard InChI is InChI=1S/C15H16FNOS/c1-18-13-8-7-10(9-12(13)16)15(17)11-5-3-4-6-14(11)19-2/h3-9,15H,17H2,1-2H3. The van der Waals surface area contributed by atoms with Crippen molar-refractivity contribution in [2.75, 3.05) is 13.4 Å². The molecule has 0 aliphatic rings. The average Bonchev–Trinajstić information content (AvgIpc) is 2.46. The van der Waals surface area contributed by atoms with Crippen LogP contribution in [0, 0.1) is 5.82 Å². The molecule has 0 amide bonds. The fraction of sp³-hybridized carbons (Fsp3) is 0.200. The van der Waals surface area contributed by atoms with Crippen molar-refractivity contribution < 1.29 is 9.13 Å². The number of halogens is 1. The zero-order valence-electron chi connectivity index (χ0n) is 10.9. The summed E-state index contributed by atoms with van der Waals surface area (Å²) in [6.07, 6.45) is 2.00. The van der Waals surface area contributed by atoms with Gasteiger partial charge in [-0.2, -0.15) is 0 Å². The Balaban J connectivity index is 2.38. The molecule has 2 rings (SSSR count). The number of nitrogens with two attached hydrogens (primary N) is 1. The van der Waals surface area contributed by atoms with Gasteiger partial charge in [0, 0.05) is 4.90 Å². The van der Waals surface area contributed by atoms with Gasteiger partial charge in [0.25, 0.3) is 0 Å². The maximum Gasteiger partial charge on any atom is 0.165 e. The second-order valence-corrected chi connectivity index (χ2v) is 4.96. The van der Waals surface area contributed by atoms with E-state index >= 15 is 0 Å². The van der Waals surface area contributed by atoms with E-state index in [-0.39, 0.29) is 11.8 Å². The minimum atomic E-state index is -0.392. The highest BCUT2D eigenvalue weighted by atomic mass is 32.2. The number of hydrogen-bond acceptors (Lipinski definition) is 3. The Morgan fingerprint density at radius 3 is 2.58 bits per heavy atom. The molecule has 0 spiro atoms. The van der Waals surface area contributed by atoms with Gasteiger partial charge >= 0.3 is 0 Å². The van der Waals surface area contributed by atoms with E-state index in [1.165, 1.54) is 13.2 Å². The van der Waals surface area contributed by atoms with Crippen LogP contribution in [0.3, 0.4) is 0 Å². The first-order chi connectivity index (χ1) is 9.17. The number of ether oxygens (including phenoxy) is 1. The molecule has 2 aromatic carbocycles. The minimum Gasteiger partial charge on any atom is -0.494 e. The summed E-state index contributed by atoms with van der Waals surface area (Å²) in [5.41, 5.74) is 7.97. The lowest BCUT2D eigenvalue weighted by Crippen LogP contribution is -2.13. The number of hydrogen-bond donors (Lipinski definition) is 1. The van der Waals surface area contributed by atoms with Gasteiger partial charge in [0.05, 0.1) is 13.2 Å². The Morgan fingerprint density at radius 1 is 1.21 bits per heavy atom. The molecule has 2 nitrogen and oxygen atoms in total. The van der Waals surface area contributed by atoms with Crippen LogP contribution in [0.25, 0.3) is 0 Å². The predicted octanol–water partition coefficient (Wildman–Crippen LogP) is 3.60. The third kappa shape index (κ3) is 2.91. The van der Waals surface area contributed by atoms with Crippen LogP contribution >= 0.6 is 11.8 Å². The molecule has 0 bridgehead atoms. The van der Waals surface area contributed by atoms with Crippen LogP contribution in [0.5, 0.6) is 5.75 Å². The summed E-state index contributed by atoms with van der Waals surface area (Å²) in [6.45, 7) is 0. The summed E-state index contributed by atoms with van der Waals surface area (Å²) < 4.78 is 18.6. The summed E-state index contributed by atoms with van der Waals surface area (Å²) in [5, 5.41) is 0. The van der Waals surface area contributed by atoms with Crippen molar-refractivity contribution in [3.05, 3.63) is 59.4 Å². The van der Waals surface area contributed by atoms with Crippen LogP contribution in [0.2, 0.25) is 0 Å². The lowest BCUT2D eigenvalue weighted by molar-refractivity contribution is 0.386. The number of thioether (sulfide) groups is 1. The van der Waals surface area contributed by atoms with E-state index in [0.29, 0.717) is 0 Å². The molecule has 100 valence electrons. The molecular formula is C15H16FNOS. The van der Waals surface area contributed by atoms with Crippen LogP contribution < -0.4 is 10.5 Å². The fourth-order valence-electron chi connectivity index (χ4n) is 1.98. The zero-order valence-corrected chi connectivity index (χ0v) is 11.7. The van der Waals surface area contributed by atoms with E-state index in [0.717, 1.165) is 16.0 Å². The molecule has 1 unspecified atom stereocenters. The van der Waals surface area contributed by atoms with Gasteiger partial charge in [-0.25, -0.2) is 4.39 Å². The van der Waals surface area contributed by atoms with E-state index in [1.807, 2.05) is 30.5 Å². The Hall–Kier alpha value is -1.52. The highest BCUT2D eigenvalue weighted by Crippen LogP contribution is 2.30. The van der Waals surface area contributed by atoms with Gasteiger partial charge < -0.3 is 10.5 Å².